The van der Waals surface area contributed by atoms with Crippen molar-refractivity contribution in [1.82, 2.24) is 14.5 Å². The van der Waals surface area contributed by atoms with Crippen LogP contribution in [-0.4, -0.2) is 30.0 Å². The predicted molar refractivity (Wildman–Crippen MR) is 63.7 cm³/mol. The molecule has 1 N–H and O–H groups in total. The summed E-state index contributed by atoms with van der Waals surface area (Å²) >= 11 is 0. The first-order chi connectivity index (χ1) is 8.10. The number of benzene rings is 1. The molecule has 0 spiro atoms. The molecule has 0 amide bonds. The second-order valence-corrected chi connectivity index (χ2v) is 5.73. The Morgan fingerprint density at radius 2 is 2.00 bits per heavy atom. The third-order valence-electron chi connectivity index (χ3n) is 2.41. The van der Waals surface area contributed by atoms with Gasteiger partial charge in [0.25, 0.3) is 0 Å². The molecule has 5 nitrogen and oxygen atoms in total. The molecule has 2 aromatic rings. The van der Waals surface area contributed by atoms with Crippen molar-refractivity contribution in [2.75, 3.05) is 7.05 Å². The zero-order valence-electron chi connectivity index (χ0n) is 9.37. The number of nitrogens with one attached hydrogen (secondary N) is 1. The highest BCUT2D eigenvalue weighted by Crippen LogP contribution is 2.15. The van der Waals surface area contributed by atoms with E-state index < -0.39 is 10.0 Å². The van der Waals surface area contributed by atoms with Crippen molar-refractivity contribution >= 4 is 10.0 Å². The third-order valence-corrected chi connectivity index (χ3v) is 4.23. The van der Waals surface area contributed by atoms with E-state index in [0.29, 0.717) is 11.4 Å². The van der Waals surface area contributed by atoms with Crippen LogP contribution in [0.3, 0.4) is 0 Å². The molecule has 90 valence electrons. The first-order valence-electron chi connectivity index (χ1n) is 5.10. The van der Waals surface area contributed by atoms with E-state index in [2.05, 4.69) is 10.2 Å². The molecule has 1 heterocycles. The van der Waals surface area contributed by atoms with Crippen LogP contribution in [0.4, 0.5) is 0 Å². The molecule has 0 fully saturated rings. The fraction of sp³-hybridized carbons (Fsp3) is 0.182. The van der Waals surface area contributed by atoms with Crippen molar-refractivity contribution in [1.29, 1.82) is 0 Å². The summed E-state index contributed by atoms with van der Waals surface area (Å²) < 4.78 is 25.6. The first-order valence-corrected chi connectivity index (χ1v) is 6.54. The molecule has 2 rings (SSSR count). The Morgan fingerprint density at radius 1 is 1.29 bits per heavy atom. The topological polar surface area (TPSA) is 66.1 Å². The first kappa shape index (κ1) is 11.8. The number of rotatable bonds is 4. The minimum Gasteiger partial charge on any atom is -0.285 e. The van der Waals surface area contributed by atoms with Gasteiger partial charge in [-0.15, -0.1) is 0 Å². The van der Waals surface area contributed by atoms with Gasteiger partial charge < -0.3 is 0 Å². The van der Waals surface area contributed by atoms with E-state index in [-0.39, 0.29) is 0 Å². The summed E-state index contributed by atoms with van der Waals surface area (Å²) in [6.45, 7) is 0.299. The van der Waals surface area contributed by atoms with Gasteiger partial charge >= 0.3 is 0 Å². The van der Waals surface area contributed by atoms with Gasteiger partial charge in [-0.3, -0.25) is 5.10 Å². The Bertz CT molecular complexity index is 564. The summed E-state index contributed by atoms with van der Waals surface area (Å²) in [6, 6.07) is 8.37. The van der Waals surface area contributed by atoms with Crippen LogP contribution >= 0.6 is 0 Å². The van der Waals surface area contributed by atoms with Gasteiger partial charge in [-0.1, -0.05) is 18.2 Å². The Kier molecular flexibility index (Phi) is 3.26. The van der Waals surface area contributed by atoms with E-state index in [1.54, 1.807) is 49.8 Å². The Labute approximate surface area is 100 Å². The molecule has 17 heavy (non-hydrogen) atoms. The van der Waals surface area contributed by atoms with Crippen LogP contribution < -0.4 is 0 Å². The number of hydrogen-bond acceptors (Lipinski definition) is 3. The number of aromatic nitrogens is 2. The lowest BCUT2D eigenvalue weighted by Crippen LogP contribution is -2.26. The minimum atomic E-state index is -3.42. The highest BCUT2D eigenvalue weighted by atomic mass is 32.2. The van der Waals surface area contributed by atoms with Gasteiger partial charge in [0.05, 0.1) is 11.1 Å². The zero-order valence-corrected chi connectivity index (χ0v) is 10.2. The lowest BCUT2D eigenvalue weighted by molar-refractivity contribution is 0.467. The molecule has 0 aliphatic carbocycles. The number of sulfonamides is 1. The van der Waals surface area contributed by atoms with Crippen molar-refractivity contribution in [2.45, 2.75) is 11.4 Å². The van der Waals surface area contributed by atoms with Gasteiger partial charge in [0.1, 0.15) is 0 Å². The van der Waals surface area contributed by atoms with Crippen LogP contribution in [0.2, 0.25) is 0 Å². The lowest BCUT2D eigenvalue weighted by Gasteiger charge is -2.16. The molecule has 6 heteroatoms. The summed E-state index contributed by atoms with van der Waals surface area (Å²) in [6.07, 6.45) is 3.29. The average Bonchev–Trinajstić information content (AvgIpc) is 2.83. The Balaban J connectivity index is 2.22. The minimum absolute atomic E-state index is 0.297. The fourth-order valence-electron chi connectivity index (χ4n) is 1.48. The van der Waals surface area contributed by atoms with Gasteiger partial charge in [0, 0.05) is 25.4 Å². The van der Waals surface area contributed by atoms with E-state index in [1.807, 2.05) is 0 Å². The van der Waals surface area contributed by atoms with Crippen LogP contribution in [0.1, 0.15) is 5.56 Å². The van der Waals surface area contributed by atoms with Gasteiger partial charge in [-0.05, 0) is 12.1 Å². The molecular formula is C11H13N3O2S. The van der Waals surface area contributed by atoms with E-state index >= 15 is 0 Å². The Hall–Kier alpha value is -1.66. The molecule has 0 unspecified atom stereocenters. The summed E-state index contributed by atoms with van der Waals surface area (Å²) in [5.74, 6) is 0. The van der Waals surface area contributed by atoms with E-state index in [0.717, 1.165) is 5.56 Å². The average molecular weight is 251 g/mol. The standard InChI is InChI=1S/C11H13N3O2S/c1-14(9-10-7-12-13-8-10)17(15,16)11-5-3-2-4-6-11/h2-8H,9H2,1H3,(H,12,13). The predicted octanol–water partition coefficient (Wildman–Crippen LogP) is 1.23. The monoisotopic (exact) mass is 251 g/mol. The largest absolute Gasteiger partial charge is 0.285 e. The van der Waals surface area contributed by atoms with Crippen molar-refractivity contribution in [2.24, 2.45) is 0 Å². The summed E-state index contributed by atoms with van der Waals surface area (Å²) in [4.78, 5) is 0.297. The highest BCUT2D eigenvalue weighted by molar-refractivity contribution is 7.89. The van der Waals surface area contributed by atoms with Gasteiger partial charge in [0.2, 0.25) is 10.0 Å². The SMILES string of the molecule is CN(Cc1cn[nH]c1)S(=O)(=O)c1ccccc1. The van der Waals surface area contributed by atoms with Gasteiger partial charge in [-0.25, -0.2) is 8.42 Å². The smallest absolute Gasteiger partial charge is 0.243 e. The van der Waals surface area contributed by atoms with Crippen molar-refractivity contribution in [3.8, 4) is 0 Å². The fourth-order valence-corrected chi connectivity index (χ4v) is 2.66. The zero-order chi connectivity index (χ0) is 12.3. The molecule has 1 aromatic carbocycles. The molecule has 1 aromatic heterocycles. The maximum atomic E-state index is 12.2. The maximum absolute atomic E-state index is 12.2. The van der Waals surface area contributed by atoms with E-state index in [1.165, 1.54) is 4.31 Å². The Morgan fingerprint density at radius 3 is 2.59 bits per heavy atom. The van der Waals surface area contributed by atoms with Crippen LogP contribution in [0.15, 0.2) is 47.6 Å². The lowest BCUT2D eigenvalue weighted by atomic mass is 10.4. The van der Waals surface area contributed by atoms with Crippen molar-refractivity contribution in [3.05, 3.63) is 48.3 Å². The number of H-pyrrole nitrogens is 1. The molecular weight excluding hydrogens is 238 g/mol. The quantitative estimate of drug-likeness (QED) is 0.888. The van der Waals surface area contributed by atoms with Crippen molar-refractivity contribution < 1.29 is 8.42 Å². The van der Waals surface area contributed by atoms with E-state index in [9.17, 15) is 8.42 Å². The summed E-state index contributed by atoms with van der Waals surface area (Å²) in [7, 11) is -1.87. The van der Waals surface area contributed by atoms with Crippen molar-refractivity contribution in [3.63, 3.8) is 0 Å². The molecule has 0 radical (unpaired) electrons. The van der Waals surface area contributed by atoms with E-state index in [4.69, 9.17) is 0 Å². The van der Waals surface area contributed by atoms with Gasteiger partial charge in [0.15, 0.2) is 0 Å². The number of hydrogen-bond donors (Lipinski definition) is 1. The molecule has 0 aliphatic rings. The molecule has 0 aliphatic heterocycles. The van der Waals surface area contributed by atoms with Crippen LogP contribution in [0.5, 0.6) is 0 Å². The van der Waals surface area contributed by atoms with Crippen LogP contribution in [-0.2, 0) is 16.6 Å². The summed E-state index contributed by atoms with van der Waals surface area (Å²) in [5, 5.41) is 6.44. The second-order valence-electron chi connectivity index (χ2n) is 3.68. The molecule has 0 bridgehead atoms. The molecule has 0 saturated heterocycles. The maximum Gasteiger partial charge on any atom is 0.243 e. The molecule has 0 atom stereocenters. The second kappa shape index (κ2) is 4.68. The summed E-state index contributed by atoms with van der Waals surface area (Å²) in [5.41, 5.74) is 0.826. The highest BCUT2D eigenvalue weighted by Gasteiger charge is 2.20. The number of aromatic amines is 1. The number of nitrogens with zero attached hydrogens (tertiary/aromatic N) is 2. The van der Waals surface area contributed by atoms with Crippen LogP contribution in [0, 0.1) is 0 Å². The third kappa shape index (κ3) is 2.54. The molecule has 0 saturated carbocycles. The van der Waals surface area contributed by atoms with Gasteiger partial charge in [-0.2, -0.15) is 9.40 Å². The van der Waals surface area contributed by atoms with Crippen LogP contribution in [0.25, 0.3) is 0 Å². The normalized spacial score (nSPS) is 11.9.